The molecule has 1 rings (SSSR count). The van der Waals surface area contributed by atoms with E-state index in [0.29, 0.717) is 18.5 Å². The van der Waals surface area contributed by atoms with Gasteiger partial charge in [-0.2, -0.15) is 13.2 Å². The highest BCUT2D eigenvalue weighted by Crippen LogP contribution is 2.29. The van der Waals surface area contributed by atoms with Gasteiger partial charge in [0, 0.05) is 23.9 Å². The van der Waals surface area contributed by atoms with Crippen LogP contribution >= 0.6 is 0 Å². The van der Waals surface area contributed by atoms with Gasteiger partial charge in [0.25, 0.3) is 0 Å². The molecule has 2 N–H and O–H groups in total. The molecule has 1 atom stereocenters. The second-order valence-corrected chi connectivity index (χ2v) is 4.22. The van der Waals surface area contributed by atoms with E-state index in [2.05, 4.69) is 4.98 Å². The zero-order chi connectivity index (χ0) is 12.4. The second-order valence-electron chi connectivity index (χ2n) is 4.22. The molecule has 0 aliphatic carbocycles. The average Bonchev–Trinajstić information content (AvgIpc) is 2.16. The lowest BCUT2D eigenvalue weighted by Gasteiger charge is -2.22. The van der Waals surface area contributed by atoms with Crippen molar-refractivity contribution in [3.63, 3.8) is 0 Å². The highest BCUT2D eigenvalue weighted by Gasteiger charge is 2.31. The molecule has 1 unspecified atom stereocenters. The molecule has 1 heterocycles. The van der Waals surface area contributed by atoms with E-state index in [1.54, 1.807) is 6.92 Å². The Balaban J connectivity index is 2.92. The van der Waals surface area contributed by atoms with E-state index in [1.807, 2.05) is 6.92 Å². The molecule has 16 heavy (non-hydrogen) atoms. The minimum atomic E-state index is -4.32. The monoisotopic (exact) mass is 232 g/mol. The summed E-state index contributed by atoms with van der Waals surface area (Å²) < 4.78 is 37.3. The molecule has 0 spiro atoms. The summed E-state index contributed by atoms with van der Waals surface area (Å²) >= 11 is 0. The Kier molecular flexibility index (Phi) is 3.57. The third-order valence-electron chi connectivity index (χ3n) is 2.54. The van der Waals surface area contributed by atoms with Crippen LogP contribution in [0.4, 0.5) is 13.2 Å². The van der Waals surface area contributed by atoms with Gasteiger partial charge in [-0.05, 0) is 25.5 Å². The van der Waals surface area contributed by atoms with Gasteiger partial charge < -0.3 is 5.73 Å². The molecular formula is C11H15F3N2. The molecular weight excluding hydrogens is 217 g/mol. The Morgan fingerprint density at radius 3 is 2.50 bits per heavy atom. The maximum atomic E-state index is 12.4. The number of nitrogens with zero attached hydrogens (tertiary/aromatic N) is 1. The number of alkyl halides is 3. The van der Waals surface area contributed by atoms with Crippen LogP contribution in [0.15, 0.2) is 18.3 Å². The van der Waals surface area contributed by atoms with Crippen LogP contribution in [-0.2, 0) is 12.6 Å². The van der Waals surface area contributed by atoms with E-state index in [4.69, 9.17) is 5.73 Å². The first-order valence-electron chi connectivity index (χ1n) is 5.05. The van der Waals surface area contributed by atoms with Crippen molar-refractivity contribution < 1.29 is 13.2 Å². The van der Waals surface area contributed by atoms with Crippen LogP contribution in [0.2, 0.25) is 0 Å². The summed E-state index contributed by atoms with van der Waals surface area (Å²) in [5, 5.41) is 0. The van der Waals surface area contributed by atoms with Crippen molar-refractivity contribution >= 4 is 0 Å². The molecule has 0 saturated heterocycles. The van der Waals surface area contributed by atoms with Gasteiger partial charge in [-0.1, -0.05) is 6.92 Å². The topological polar surface area (TPSA) is 38.9 Å². The van der Waals surface area contributed by atoms with Gasteiger partial charge in [0.2, 0.25) is 0 Å². The van der Waals surface area contributed by atoms with Crippen molar-refractivity contribution in [2.45, 2.75) is 38.4 Å². The molecule has 0 bridgehead atoms. The van der Waals surface area contributed by atoms with Crippen molar-refractivity contribution in [3.8, 4) is 0 Å². The van der Waals surface area contributed by atoms with Crippen LogP contribution in [0.1, 0.15) is 31.5 Å². The van der Waals surface area contributed by atoms with Crippen LogP contribution < -0.4 is 5.73 Å². The number of hydrogen-bond donors (Lipinski definition) is 1. The Bertz CT molecular complexity index is 358. The number of halogens is 3. The summed E-state index contributed by atoms with van der Waals surface area (Å²) in [6.45, 7) is 3.70. The quantitative estimate of drug-likeness (QED) is 0.870. The van der Waals surface area contributed by atoms with Gasteiger partial charge in [-0.3, -0.25) is 4.98 Å². The highest BCUT2D eigenvalue weighted by atomic mass is 19.4. The van der Waals surface area contributed by atoms with Gasteiger partial charge in [0.1, 0.15) is 0 Å². The molecule has 0 radical (unpaired) electrons. The zero-order valence-electron chi connectivity index (χ0n) is 9.30. The molecule has 0 amide bonds. The predicted octanol–water partition coefficient (Wildman–Crippen LogP) is 2.77. The summed E-state index contributed by atoms with van der Waals surface area (Å²) in [5.41, 5.74) is 5.07. The lowest BCUT2D eigenvalue weighted by Crippen LogP contribution is -2.37. The summed E-state index contributed by atoms with van der Waals surface area (Å²) in [6.07, 6.45) is -2.13. The van der Waals surface area contributed by atoms with Crippen molar-refractivity contribution in [2.75, 3.05) is 0 Å². The summed E-state index contributed by atoms with van der Waals surface area (Å²) in [5.74, 6) is 0. The first kappa shape index (κ1) is 13.0. The molecule has 0 saturated carbocycles. The molecule has 0 aliphatic rings. The maximum absolute atomic E-state index is 12.4. The largest absolute Gasteiger partial charge is 0.416 e. The summed E-state index contributed by atoms with van der Waals surface area (Å²) in [4.78, 5) is 3.91. The van der Waals surface area contributed by atoms with Gasteiger partial charge in [-0.15, -0.1) is 0 Å². The van der Waals surface area contributed by atoms with Gasteiger partial charge >= 0.3 is 6.18 Å². The van der Waals surface area contributed by atoms with E-state index in [0.717, 1.165) is 12.1 Å². The van der Waals surface area contributed by atoms with E-state index in [-0.39, 0.29) is 0 Å². The number of nitrogens with two attached hydrogens (primary N) is 1. The lowest BCUT2D eigenvalue weighted by molar-refractivity contribution is -0.137. The highest BCUT2D eigenvalue weighted by molar-refractivity contribution is 5.20. The number of hydrogen-bond acceptors (Lipinski definition) is 2. The molecule has 0 aliphatic heterocycles. The smallest absolute Gasteiger partial charge is 0.325 e. The Hall–Kier alpha value is -1.10. The van der Waals surface area contributed by atoms with E-state index >= 15 is 0 Å². The third kappa shape index (κ3) is 3.48. The number of aromatic nitrogens is 1. The Morgan fingerprint density at radius 2 is 2.00 bits per heavy atom. The zero-order valence-corrected chi connectivity index (χ0v) is 9.30. The normalized spacial score (nSPS) is 15.9. The standard InChI is InChI=1S/C11H15F3N2/c1-3-10(2,15)7-9-6-8(4-5-16-9)11(12,13)14/h4-6H,3,7,15H2,1-2H3. The molecule has 2 nitrogen and oxygen atoms in total. The molecule has 5 heteroatoms. The fraction of sp³-hybridized carbons (Fsp3) is 0.545. The van der Waals surface area contributed by atoms with Crippen molar-refractivity contribution in [1.82, 2.24) is 4.98 Å². The van der Waals surface area contributed by atoms with Gasteiger partial charge in [-0.25, -0.2) is 0 Å². The van der Waals surface area contributed by atoms with Crippen LogP contribution in [0.5, 0.6) is 0 Å². The molecule has 0 aromatic carbocycles. The molecule has 1 aromatic heterocycles. The minimum Gasteiger partial charge on any atom is -0.325 e. The van der Waals surface area contributed by atoms with E-state index in [1.165, 1.54) is 6.20 Å². The maximum Gasteiger partial charge on any atom is 0.416 e. The molecule has 1 aromatic rings. The number of pyridine rings is 1. The summed E-state index contributed by atoms with van der Waals surface area (Å²) in [6, 6.07) is 2.02. The van der Waals surface area contributed by atoms with Crippen LogP contribution in [0, 0.1) is 0 Å². The molecule has 90 valence electrons. The van der Waals surface area contributed by atoms with Gasteiger partial charge in [0.15, 0.2) is 0 Å². The third-order valence-corrected chi connectivity index (χ3v) is 2.54. The van der Waals surface area contributed by atoms with Crippen molar-refractivity contribution in [1.29, 1.82) is 0 Å². The van der Waals surface area contributed by atoms with Crippen LogP contribution in [0.25, 0.3) is 0 Å². The lowest BCUT2D eigenvalue weighted by atomic mass is 9.93. The first-order chi connectivity index (χ1) is 7.24. The second kappa shape index (κ2) is 4.41. The SMILES string of the molecule is CCC(C)(N)Cc1cc(C(F)(F)F)ccn1. The van der Waals surface area contributed by atoms with E-state index < -0.39 is 17.3 Å². The van der Waals surface area contributed by atoms with Crippen LogP contribution in [-0.4, -0.2) is 10.5 Å². The first-order valence-corrected chi connectivity index (χ1v) is 5.05. The summed E-state index contributed by atoms with van der Waals surface area (Å²) in [7, 11) is 0. The minimum absolute atomic E-state index is 0.341. The number of rotatable bonds is 3. The van der Waals surface area contributed by atoms with Crippen molar-refractivity contribution in [3.05, 3.63) is 29.6 Å². The predicted molar refractivity (Wildman–Crippen MR) is 55.8 cm³/mol. The Morgan fingerprint density at radius 1 is 1.38 bits per heavy atom. The van der Waals surface area contributed by atoms with Gasteiger partial charge in [0.05, 0.1) is 5.56 Å². The van der Waals surface area contributed by atoms with E-state index in [9.17, 15) is 13.2 Å². The fourth-order valence-electron chi connectivity index (χ4n) is 1.29. The van der Waals surface area contributed by atoms with Crippen molar-refractivity contribution in [2.24, 2.45) is 5.73 Å². The average molecular weight is 232 g/mol. The Labute approximate surface area is 92.7 Å². The fourth-order valence-corrected chi connectivity index (χ4v) is 1.29. The van der Waals surface area contributed by atoms with Crippen LogP contribution in [0.3, 0.4) is 0 Å². The molecule has 0 fully saturated rings.